The summed E-state index contributed by atoms with van der Waals surface area (Å²) in [7, 11) is 0. The van der Waals surface area contributed by atoms with Crippen LogP contribution in [0.3, 0.4) is 0 Å². The second kappa shape index (κ2) is 8.07. The number of nitrogens with two attached hydrogens (primary N) is 1. The van der Waals surface area contributed by atoms with Crippen LogP contribution in [0.1, 0.15) is 23.1 Å². The molecule has 0 saturated carbocycles. The highest BCUT2D eigenvalue weighted by Gasteiger charge is 2.30. The summed E-state index contributed by atoms with van der Waals surface area (Å²) in [6, 6.07) is 16.7. The average molecular weight is 426 g/mol. The summed E-state index contributed by atoms with van der Waals surface area (Å²) in [6.07, 6.45) is -3.09. The first kappa shape index (κ1) is 20.9. The zero-order chi connectivity index (χ0) is 22.2. The number of aliphatic hydroxyl groups excluding tert-OH is 1. The number of primary amides is 1. The summed E-state index contributed by atoms with van der Waals surface area (Å²) in [5.41, 5.74) is 9.29. The second-order valence-electron chi connectivity index (χ2n) is 7.61. The largest absolute Gasteiger partial charge is 0.416 e. The lowest BCUT2D eigenvalue weighted by Gasteiger charge is -2.29. The van der Waals surface area contributed by atoms with Crippen molar-refractivity contribution < 1.29 is 23.1 Å². The standard InChI is InChI=1S/C24H21F3N2O2/c25-24(26,27)18-10-7-15(8-11-18)17-4-1-5-19(13-17)29(23(28)31)22-6-2-3-16-9-12-20(30)14-21(16)22/h1-8,10-11,13,20,30H,9,12,14H2,(H2,28,31). The lowest BCUT2D eigenvalue weighted by Crippen LogP contribution is -2.33. The number of hydrogen-bond donors (Lipinski definition) is 2. The van der Waals surface area contributed by atoms with Gasteiger partial charge in [0, 0.05) is 6.42 Å². The van der Waals surface area contributed by atoms with E-state index in [4.69, 9.17) is 5.73 Å². The fourth-order valence-corrected chi connectivity index (χ4v) is 4.02. The summed E-state index contributed by atoms with van der Waals surface area (Å²) in [5.74, 6) is 0. The molecular weight excluding hydrogens is 405 g/mol. The van der Waals surface area contributed by atoms with Crippen LogP contribution in [0, 0.1) is 0 Å². The highest BCUT2D eigenvalue weighted by atomic mass is 19.4. The van der Waals surface area contributed by atoms with Crippen molar-refractivity contribution in [2.75, 3.05) is 4.90 Å². The molecular formula is C24H21F3N2O2. The van der Waals surface area contributed by atoms with Crippen LogP contribution in [0.4, 0.5) is 29.3 Å². The maximum absolute atomic E-state index is 12.9. The Morgan fingerprint density at radius 1 is 1.00 bits per heavy atom. The lowest BCUT2D eigenvalue weighted by atomic mass is 9.88. The fraction of sp³-hybridized carbons (Fsp3) is 0.208. The van der Waals surface area contributed by atoms with Crippen molar-refractivity contribution in [3.05, 3.63) is 83.4 Å². The molecule has 0 radical (unpaired) electrons. The van der Waals surface area contributed by atoms with Gasteiger partial charge in [0.1, 0.15) is 0 Å². The van der Waals surface area contributed by atoms with Crippen LogP contribution in [0.5, 0.6) is 0 Å². The van der Waals surface area contributed by atoms with Gasteiger partial charge >= 0.3 is 12.2 Å². The van der Waals surface area contributed by atoms with Crippen molar-refractivity contribution in [1.29, 1.82) is 0 Å². The molecule has 4 nitrogen and oxygen atoms in total. The molecule has 0 bridgehead atoms. The van der Waals surface area contributed by atoms with Gasteiger partial charge in [-0.05, 0) is 65.4 Å². The van der Waals surface area contributed by atoms with E-state index in [0.717, 1.165) is 23.3 Å². The van der Waals surface area contributed by atoms with Crippen LogP contribution in [-0.2, 0) is 19.0 Å². The van der Waals surface area contributed by atoms with E-state index in [0.29, 0.717) is 41.8 Å². The zero-order valence-electron chi connectivity index (χ0n) is 16.6. The van der Waals surface area contributed by atoms with Crippen molar-refractivity contribution in [3.63, 3.8) is 0 Å². The third-order valence-electron chi connectivity index (χ3n) is 5.55. The zero-order valence-corrected chi connectivity index (χ0v) is 16.6. The van der Waals surface area contributed by atoms with Gasteiger partial charge in [0.25, 0.3) is 0 Å². The molecule has 3 aromatic rings. The summed E-state index contributed by atoms with van der Waals surface area (Å²) >= 11 is 0. The molecule has 1 aliphatic carbocycles. The number of aliphatic hydroxyl groups is 1. The van der Waals surface area contributed by atoms with Gasteiger partial charge in [-0.1, -0.05) is 36.4 Å². The van der Waals surface area contributed by atoms with Crippen LogP contribution >= 0.6 is 0 Å². The van der Waals surface area contributed by atoms with E-state index >= 15 is 0 Å². The van der Waals surface area contributed by atoms with E-state index in [1.807, 2.05) is 12.1 Å². The predicted octanol–water partition coefficient (Wildman–Crippen LogP) is 5.44. The van der Waals surface area contributed by atoms with Crippen LogP contribution in [-0.4, -0.2) is 17.2 Å². The average Bonchev–Trinajstić information content (AvgIpc) is 2.74. The molecule has 1 aliphatic rings. The number of amides is 2. The third kappa shape index (κ3) is 4.27. The molecule has 0 saturated heterocycles. The molecule has 0 aliphatic heterocycles. The number of urea groups is 1. The summed E-state index contributed by atoms with van der Waals surface area (Å²) in [4.78, 5) is 13.8. The number of alkyl halides is 3. The van der Waals surface area contributed by atoms with E-state index in [1.54, 1.807) is 30.3 Å². The van der Waals surface area contributed by atoms with Gasteiger partial charge < -0.3 is 10.8 Å². The highest BCUT2D eigenvalue weighted by Crippen LogP contribution is 2.36. The van der Waals surface area contributed by atoms with Crippen molar-refractivity contribution >= 4 is 17.4 Å². The fourth-order valence-electron chi connectivity index (χ4n) is 4.02. The van der Waals surface area contributed by atoms with Gasteiger partial charge in [0.15, 0.2) is 0 Å². The van der Waals surface area contributed by atoms with Crippen LogP contribution < -0.4 is 10.6 Å². The molecule has 1 unspecified atom stereocenters. The Labute approximate surface area is 177 Å². The maximum atomic E-state index is 12.9. The van der Waals surface area contributed by atoms with Crippen LogP contribution in [0.25, 0.3) is 11.1 Å². The van der Waals surface area contributed by atoms with E-state index in [1.165, 1.54) is 17.0 Å². The normalized spacial score (nSPS) is 15.9. The van der Waals surface area contributed by atoms with E-state index in [-0.39, 0.29) is 0 Å². The smallest absolute Gasteiger partial charge is 0.393 e. The van der Waals surface area contributed by atoms with Crippen LogP contribution in [0.2, 0.25) is 0 Å². The Balaban J connectivity index is 1.74. The summed E-state index contributed by atoms with van der Waals surface area (Å²) < 4.78 is 38.6. The number of fused-ring (bicyclic) bond motifs is 1. The van der Waals surface area contributed by atoms with Gasteiger partial charge in [-0.15, -0.1) is 0 Å². The molecule has 31 heavy (non-hydrogen) atoms. The molecule has 3 aromatic carbocycles. The second-order valence-corrected chi connectivity index (χ2v) is 7.61. The molecule has 0 fully saturated rings. The molecule has 1 atom stereocenters. The van der Waals surface area contributed by atoms with Gasteiger partial charge in [-0.25, -0.2) is 4.79 Å². The number of aryl methyl sites for hydroxylation is 1. The Morgan fingerprint density at radius 2 is 1.71 bits per heavy atom. The summed E-state index contributed by atoms with van der Waals surface area (Å²) in [5, 5.41) is 10.1. The predicted molar refractivity (Wildman–Crippen MR) is 113 cm³/mol. The lowest BCUT2D eigenvalue weighted by molar-refractivity contribution is -0.137. The van der Waals surface area contributed by atoms with Crippen molar-refractivity contribution in [3.8, 4) is 11.1 Å². The molecule has 0 heterocycles. The van der Waals surface area contributed by atoms with Gasteiger partial charge in [-0.3, -0.25) is 4.90 Å². The first-order chi connectivity index (χ1) is 14.7. The Bertz CT molecular complexity index is 1110. The van der Waals surface area contributed by atoms with E-state index in [9.17, 15) is 23.1 Å². The molecule has 160 valence electrons. The monoisotopic (exact) mass is 426 g/mol. The molecule has 2 amide bonds. The Morgan fingerprint density at radius 3 is 2.39 bits per heavy atom. The molecule has 0 aromatic heterocycles. The SMILES string of the molecule is NC(=O)N(c1cccc(-c2ccc(C(F)(F)F)cc2)c1)c1cccc2c1CC(O)CC2. The van der Waals surface area contributed by atoms with Gasteiger partial charge in [0.05, 0.1) is 23.0 Å². The van der Waals surface area contributed by atoms with E-state index in [2.05, 4.69) is 0 Å². The molecule has 0 spiro atoms. The Hall–Kier alpha value is -3.32. The number of nitrogens with zero attached hydrogens (tertiary/aromatic N) is 1. The number of halogens is 3. The quantitative estimate of drug-likeness (QED) is 0.586. The summed E-state index contributed by atoms with van der Waals surface area (Å²) in [6.45, 7) is 0. The first-order valence-electron chi connectivity index (χ1n) is 9.90. The van der Waals surface area contributed by atoms with Gasteiger partial charge in [0.2, 0.25) is 0 Å². The van der Waals surface area contributed by atoms with Crippen molar-refractivity contribution in [1.82, 2.24) is 0 Å². The highest BCUT2D eigenvalue weighted by molar-refractivity contribution is 6.00. The minimum Gasteiger partial charge on any atom is -0.393 e. The minimum atomic E-state index is -4.40. The first-order valence-corrected chi connectivity index (χ1v) is 9.90. The van der Waals surface area contributed by atoms with Gasteiger partial charge in [-0.2, -0.15) is 13.2 Å². The maximum Gasteiger partial charge on any atom is 0.416 e. The molecule has 4 rings (SSSR count). The van der Waals surface area contributed by atoms with Crippen molar-refractivity contribution in [2.45, 2.75) is 31.5 Å². The number of rotatable bonds is 3. The third-order valence-corrected chi connectivity index (χ3v) is 5.55. The van der Waals surface area contributed by atoms with Crippen molar-refractivity contribution in [2.24, 2.45) is 5.73 Å². The molecule has 7 heteroatoms. The Kier molecular flexibility index (Phi) is 5.45. The van der Waals surface area contributed by atoms with E-state index < -0.39 is 23.9 Å². The number of hydrogen-bond acceptors (Lipinski definition) is 2. The number of carbonyl (C=O) groups is 1. The van der Waals surface area contributed by atoms with Crippen LogP contribution in [0.15, 0.2) is 66.7 Å². The number of benzene rings is 3. The minimum absolute atomic E-state index is 0.424. The number of anilines is 2. The topological polar surface area (TPSA) is 66.6 Å². The number of carbonyl (C=O) groups excluding carboxylic acids is 1. The molecule has 3 N–H and O–H groups in total.